The maximum atomic E-state index is 11.6. The minimum atomic E-state index is -0.634. The number of hydrogen-bond donors (Lipinski definition) is 2. The lowest BCUT2D eigenvalue weighted by atomic mass is 10.0. The third-order valence-electron chi connectivity index (χ3n) is 4.60. The number of amides is 1. The second kappa shape index (κ2) is 6.36. The van der Waals surface area contributed by atoms with Crippen LogP contribution >= 0.6 is 0 Å². The summed E-state index contributed by atoms with van der Waals surface area (Å²) in [6, 6.07) is 23.3. The Labute approximate surface area is 149 Å². The van der Waals surface area contributed by atoms with Crippen molar-refractivity contribution in [1.82, 2.24) is 10.0 Å². The van der Waals surface area contributed by atoms with Crippen LogP contribution in [0.4, 0.5) is 0 Å². The molecule has 1 aromatic heterocycles. The van der Waals surface area contributed by atoms with Crippen LogP contribution in [0.15, 0.2) is 66.7 Å². The van der Waals surface area contributed by atoms with E-state index in [0.717, 1.165) is 27.4 Å². The number of nitrogens with one attached hydrogen (secondary N) is 1. The Morgan fingerprint density at radius 2 is 1.62 bits per heavy atom. The zero-order chi connectivity index (χ0) is 18.1. The number of carbonyl (C=O) groups excluding carboxylic acids is 1. The molecular weight excluding hydrogens is 326 g/mol. The smallest absolute Gasteiger partial charge is 0.274 e. The van der Waals surface area contributed by atoms with Crippen LogP contribution < -0.4 is 5.48 Å². The van der Waals surface area contributed by atoms with Crippen LogP contribution in [0, 0.1) is 11.3 Å². The van der Waals surface area contributed by atoms with Crippen molar-refractivity contribution in [2.24, 2.45) is 0 Å². The number of rotatable bonds is 3. The average molecular weight is 341 g/mol. The predicted molar refractivity (Wildman–Crippen MR) is 99.0 cm³/mol. The molecule has 0 spiro atoms. The van der Waals surface area contributed by atoms with Gasteiger partial charge in [-0.1, -0.05) is 42.5 Å². The fourth-order valence-electron chi connectivity index (χ4n) is 3.37. The highest BCUT2D eigenvalue weighted by atomic mass is 16.5. The van der Waals surface area contributed by atoms with Gasteiger partial charge in [-0.2, -0.15) is 5.26 Å². The highest BCUT2D eigenvalue weighted by Gasteiger charge is 2.13. The molecule has 126 valence electrons. The Balaban J connectivity index is 1.87. The lowest BCUT2D eigenvalue weighted by Gasteiger charge is -2.10. The molecule has 4 rings (SSSR count). The van der Waals surface area contributed by atoms with Crippen LogP contribution in [-0.2, 0) is 6.54 Å². The molecule has 26 heavy (non-hydrogen) atoms. The largest absolute Gasteiger partial charge is 0.336 e. The lowest BCUT2D eigenvalue weighted by molar-refractivity contribution is 0.0706. The standard InChI is InChI=1S/C21H15N3O2/c22-12-16-11-14(21(25)23-26)9-10-15(16)13-24-19-7-3-1-5-17(19)18-6-2-4-8-20(18)24/h1-11,26H,13H2,(H,23,25). The molecule has 0 saturated carbocycles. The van der Waals surface area contributed by atoms with Crippen molar-refractivity contribution in [1.29, 1.82) is 5.26 Å². The third kappa shape index (κ3) is 2.50. The van der Waals surface area contributed by atoms with Gasteiger partial charge in [0, 0.05) is 33.9 Å². The number of hydrogen-bond acceptors (Lipinski definition) is 3. The highest BCUT2D eigenvalue weighted by Crippen LogP contribution is 2.29. The van der Waals surface area contributed by atoms with Crippen molar-refractivity contribution in [3.05, 3.63) is 83.4 Å². The molecule has 0 fully saturated rings. The summed E-state index contributed by atoms with van der Waals surface area (Å²) < 4.78 is 2.17. The predicted octanol–water partition coefficient (Wildman–Crippen LogP) is 3.83. The first-order chi connectivity index (χ1) is 12.7. The first kappa shape index (κ1) is 15.9. The van der Waals surface area contributed by atoms with E-state index in [2.05, 4.69) is 34.9 Å². The van der Waals surface area contributed by atoms with E-state index in [-0.39, 0.29) is 5.56 Å². The molecule has 0 saturated heterocycles. The van der Waals surface area contributed by atoms with E-state index in [1.165, 1.54) is 6.07 Å². The van der Waals surface area contributed by atoms with E-state index >= 15 is 0 Å². The molecule has 0 unspecified atom stereocenters. The molecule has 5 heteroatoms. The van der Waals surface area contributed by atoms with E-state index in [0.29, 0.717) is 12.1 Å². The van der Waals surface area contributed by atoms with Crippen LogP contribution in [-0.4, -0.2) is 15.7 Å². The number of nitrogens with zero attached hydrogens (tertiary/aromatic N) is 2. The average Bonchev–Trinajstić information content (AvgIpc) is 3.02. The van der Waals surface area contributed by atoms with Crippen LogP contribution in [0.25, 0.3) is 21.8 Å². The van der Waals surface area contributed by atoms with Gasteiger partial charge in [0.05, 0.1) is 11.6 Å². The zero-order valence-corrected chi connectivity index (χ0v) is 13.8. The van der Waals surface area contributed by atoms with Gasteiger partial charge in [-0.15, -0.1) is 0 Å². The molecule has 3 aromatic carbocycles. The summed E-state index contributed by atoms with van der Waals surface area (Å²) in [5.41, 5.74) is 5.25. The van der Waals surface area contributed by atoms with Crippen molar-refractivity contribution in [2.75, 3.05) is 0 Å². The van der Waals surface area contributed by atoms with E-state index in [1.54, 1.807) is 17.6 Å². The molecule has 0 aliphatic carbocycles. The van der Waals surface area contributed by atoms with Crippen molar-refractivity contribution in [2.45, 2.75) is 6.54 Å². The summed E-state index contributed by atoms with van der Waals surface area (Å²) in [5, 5.41) is 20.6. The van der Waals surface area contributed by atoms with Crippen molar-refractivity contribution in [3.8, 4) is 6.07 Å². The van der Waals surface area contributed by atoms with E-state index < -0.39 is 5.91 Å². The Morgan fingerprint density at radius 3 is 2.19 bits per heavy atom. The highest BCUT2D eigenvalue weighted by molar-refractivity contribution is 6.08. The molecule has 0 atom stereocenters. The van der Waals surface area contributed by atoms with Crippen LogP contribution in [0.2, 0.25) is 0 Å². The Hall–Kier alpha value is -3.62. The Bertz CT molecular complexity index is 1130. The molecule has 0 bridgehead atoms. The van der Waals surface area contributed by atoms with Crippen molar-refractivity contribution in [3.63, 3.8) is 0 Å². The first-order valence-corrected chi connectivity index (χ1v) is 8.16. The molecule has 2 N–H and O–H groups in total. The van der Waals surface area contributed by atoms with Crippen LogP contribution in [0.5, 0.6) is 0 Å². The third-order valence-corrected chi connectivity index (χ3v) is 4.60. The molecule has 0 radical (unpaired) electrons. The number of hydroxylamine groups is 1. The van der Waals surface area contributed by atoms with Gasteiger partial charge in [-0.3, -0.25) is 10.0 Å². The number of carbonyl (C=O) groups is 1. The molecule has 5 nitrogen and oxygen atoms in total. The molecule has 1 amide bonds. The van der Waals surface area contributed by atoms with Gasteiger partial charge < -0.3 is 4.57 Å². The summed E-state index contributed by atoms with van der Waals surface area (Å²) in [6.07, 6.45) is 0. The Kier molecular flexibility index (Phi) is 3.88. The van der Waals surface area contributed by atoms with Gasteiger partial charge in [-0.25, -0.2) is 5.48 Å². The van der Waals surface area contributed by atoms with Gasteiger partial charge in [-0.05, 0) is 29.8 Å². The maximum Gasteiger partial charge on any atom is 0.274 e. The van der Waals surface area contributed by atoms with Crippen LogP contribution in [0.3, 0.4) is 0 Å². The van der Waals surface area contributed by atoms with E-state index in [9.17, 15) is 10.1 Å². The summed E-state index contributed by atoms with van der Waals surface area (Å²) in [7, 11) is 0. The molecule has 1 heterocycles. The normalized spacial score (nSPS) is 10.8. The SMILES string of the molecule is N#Cc1cc(C(=O)NO)ccc1Cn1c2ccccc2c2ccccc21. The maximum absolute atomic E-state index is 11.6. The zero-order valence-electron chi connectivity index (χ0n) is 13.8. The second-order valence-electron chi connectivity index (χ2n) is 6.05. The number of para-hydroxylation sites is 2. The quantitative estimate of drug-likeness (QED) is 0.439. The minimum Gasteiger partial charge on any atom is -0.336 e. The summed E-state index contributed by atoms with van der Waals surface area (Å²) in [4.78, 5) is 11.6. The van der Waals surface area contributed by atoms with Gasteiger partial charge >= 0.3 is 0 Å². The molecule has 0 aliphatic rings. The Morgan fingerprint density at radius 1 is 1.00 bits per heavy atom. The fourth-order valence-corrected chi connectivity index (χ4v) is 3.37. The minimum absolute atomic E-state index is 0.245. The second-order valence-corrected chi connectivity index (χ2v) is 6.05. The van der Waals surface area contributed by atoms with E-state index in [1.807, 2.05) is 24.3 Å². The lowest BCUT2D eigenvalue weighted by Crippen LogP contribution is -2.18. The van der Waals surface area contributed by atoms with Gasteiger partial charge in [0.25, 0.3) is 5.91 Å². The van der Waals surface area contributed by atoms with Crippen LogP contribution in [0.1, 0.15) is 21.5 Å². The van der Waals surface area contributed by atoms with Crippen molar-refractivity contribution < 1.29 is 10.0 Å². The summed E-state index contributed by atoms with van der Waals surface area (Å²) >= 11 is 0. The van der Waals surface area contributed by atoms with E-state index in [4.69, 9.17) is 5.21 Å². The van der Waals surface area contributed by atoms with Gasteiger partial charge in [0.1, 0.15) is 0 Å². The number of benzene rings is 3. The summed E-state index contributed by atoms with van der Waals surface area (Å²) in [5.74, 6) is -0.634. The number of fused-ring (bicyclic) bond motifs is 3. The number of aromatic nitrogens is 1. The molecule has 0 aliphatic heterocycles. The number of nitriles is 1. The topological polar surface area (TPSA) is 78.1 Å². The fraction of sp³-hybridized carbons (Fsp3) is 0.0476. The van der Waals surface area contributed by atoms with Gasteiger partial charge in [0.15, 0.2) is 0 Å². The first-order valence-electron chi connectivity index (χ1n) is 8.16. The summed E-state index contributed by atoms with van der Waals surface area (Å²) in [6.45, 7) is 0.512. The molecule has 4 aromatic rings. The van der Waals surface area contributed by atoms with Gasteiger partial charge in [0.2, 0.25) is 0 Å². The van der Waals surface area contributed by atoms with Crippen molar-refractivity contribution >= 4 is 27.7 Å². The molecular formula is C21H15N3O2. The monoisotopic (exact) mass is 341 g/mol.